The van der Waals surface area contributed by atoms with Gasteiger partial charge in [-0.25, -0.2) is 4.98 Å². The number of benzene rings is 2. The number of carbonyl (C=O) groups is 2. The van der Waals surface area contributed by atoms with Crippen molar-refractivity contribution in [1.29, 1.82) is 0 Å². The molecule has 2 aromatic carbocycles. The van der Waals surface area contributed by atoms with E-state index in [9.17, 15) is 9.59 Å². The maximum Gasteiger partial charge on any atom is 0.255 e. The highest BCUT2D eigenvalue weighted by Gasteiger charge is 2.08. The Hall–Kier alpha value is -4.11. The highest BCUT2D eigenvalue weighted by molar-refractivity contribution is 6.04. The number of carbonyl (C=O) groups excluding carboxylic acids is 2. The van der Waals surface area contributed by atoms with Gasteiger partial charge in [0.15, 0.2) is 6.61 Å². The van der Waals surface area contributed by atoms with Crippen LogP contribution in [-0.2, 0) is 4.79 Å². The molecule has 0 aliphatic carbocycles. The first-order valence-corrected chi connectivity index (χ1v) is 8.46. The Morgan fingerprint density at radius 3 is 2.64 bits per heavy atom. The fourth-order valence-electron chi connectivity index (χ4n) is 2.33. The topological polar surface area (TPSA) is 94.3 Å². The van der Waals surface area contributed by atoms with Crippen LogP contribution in [0.1, 0.15) is 21.6 Å². The van der Waals surface area contributed by atoms with Crippen LogP contribution in [0.15, 0.2) is 72.9 Å². The molecule has 1 heterocycles. The minimum Gasteiger partial charge on any atom is -0.484 e. The lowest BCUT2D eigenvalue weighted by atomic mass is 10.1. The third-order valence-electron chi connectivity index (χ3n) is 3.60. The molecule has 0 saturated heterocycles. The lowest BCUT2D eigenvalue weighted by Gasteiger charge is -2.08. The lowest BCUT2D eigenvalue weighted by Crippen LogP contribution is -2.20. The van der Waals surface area contributed by atoms with Gasteiger partial charge >= 0.3 is 0 Å². The van der Waals surface area contributed by atoms with Crippen molar-refractivity contribution in [2.75, 3.05) is 11.9 Å². The summed E-state index contributed by atoms with van der Waals surface area (Å²) in [7, 11) is 0. The van der Waals surface area contributed by atoms with Crippen molar-refractivity contribution in [2.24, 2.45) is 5.73 Å². The zero-order valence-corrected chi connectivity index (χ0v) is 14.9. The largest absolute Gasteiger partial charge is 0.484 e. The van der Waals surface area contributed by atoms with Crippen molar-refractivity contribution in [1.82, 2.24) is 4.98 Å². The Bertz CT molecular complexity index is 1050. The van der Waals surface area contributed by atoms with Crippen LogP contribution in [0.25, 0.3) is 0 Å². The number of nitrogens with two attached hydrogens (primary N) is 1. The minimum atomic E-state index is -0.585. The summed E-state index contributed by atoms with van der Waals surface area (Å²) >= 11 is 0. The molecule has 0 atom stereocenters. The molecule has 0 unspecified atom stereocenters. The molecule has 1 aromatic heterocycles. The van der Waals surface area contributed by atoms with Crippen LogP contribution >= 0.6 is 0 Å². The van der Waals surface area contributed by atoms with Gasteiger partial charge in [0.05, 0.1) is 0 Å². The van der Waals surface area contributed by atoms with Gasteiger partial charge in [-0.1, -0.05) is 24.1 Å². The van der Waals surface area contributed by atoms with Crippen LogP contribution in [0, 0.1) is 11.8 Å². The molecule has 3 N–H and O–H groups in total. The average Bonchev–Trinajstić information content (AvgIpc) is 2.72. The molecule has 6 nitrogen and oxygen atoms in total. The van der Waals surface area contributed by atoms with Gasteiger partial charge in [0, 0.05) is 23.0 Å². The highest BCUT2D eigenvalue weighted by Crippen LogP contribution is 2.16. The van der Waals surface area contributed by atoms with E-state index in [4.69, 9.17) is 10.5 Å². The molecule has 0 aliphatic rings. The van der Waals surface area contributed by atoms with Gasteiger partial charge < -0.3 is 15.8 Å². The molecule has 0 bridgehead atoms. The highest BCUT2D eigenvalue weighted by atomic mass is 16.5. The minimum absolute atomic E-state index is 0.248. The molecule has 0 spiro atoms. The van der Waals surface area contributed by atoms with Gasteiger partial charge in [0.1, 0.15) is 11.4 Å². The third kappa shape index (κ3) is 5.44. The maximum atomic E-state index is 12.5. The van der Waals surface area contributed by atoms with E-state index in [0.717, 1.165) is 5.56 Å². The van der Waals surface area contributed by atoms with Crippen LogP contribution < -0.4 is 15.8 Å². The molecule has 0 aliphatic heterocycles. The van der Waals surface area contributed by atoms with E-state index in [1.807, 2.05) is 30.3 Å². The summed E-state index contributed by atoms with van der Waals surface area (Å²) < 4.78 is 5.22. The smallest absolute Gasteiger partial charge is 0.255 e. The van der Waals surface area contributed by atoms with Gasteiger partial charge in [-0.15, -0.1) is 0 Å². The summed E-state index contributed by atoms with van der Waals surface area (Å²) in [5, 5.41) is 2.82. The maximum absolute atomic E-state index is 12.5. The van der Waals surface area contributed by atoms with Crippen LogP contribution in [0.5, 0.6) is 5.75 Å². The number of hydrogen-bond donors (Lipinski definition) is 2. The van der Waals surface area contributed by atoms with Crippen LogP contribution in [0.4, 0.5) is 5.69 Å². The van der Waals surface area contributed by atoms with Crippen LogP contribution in [0.3, 0.4) is 0 Å². The van der Waals surface area contributed by atoms with Crippen molar-refractivity contribution >= 4 is 17.5 Å². The van der Waals surface area contributed by atoms with E-state index < -0.39 is 5.91 Å². The second kappa shape index (κ2) is 9.01. The number of nitrogens with zero attached hydrogens (tertiary/aromatic N) is 1. The van der Waals surface area contributed by atoms with Crippen LogP contribution in [0.2, 0.25) is 0 Å². The van der Waals surface area contributed by atoms with Crippen molar-refractivity contribution in [3.8, 4) is 17.6 Å². The van der Waals surface area contributed by atoms with Crippen molar-refractivity contribution < 1.29 is 14.3 Å². The van der Waals surface area contributed by atoms with Gasteiger partial charge in [0.25, 0.3) is 11.8 Å². The molecule has 28 heavy (non-hydrogen) atoms. The predicted molar refractivity (Wildman–Crippen MR) is 106 cm³/mol. The molecule has 6 heteroatoms. The number of anilines is 1. The average molecular weight is 371 g/mol. The molecular weight excluding hydrogens is 354 g/mol. The van der Waals surface area contributed by atoms with Crippen molar-refractivity contribution in [3.63, 3.8) is 0 Å². The first-order valence-electron chi connectivity index (χ1n) is 8.46. The Morgan fingerprint density at radius 1 is 1.00 bits per heavy atom. The molecule has 0 fully saturated rings. The standard InChI is InChI=1S/C22H17N3O3/c23-21(26)15-28-20-9-4-6-17(14-20)22(27)25-19-8-3-5-16(13-19)10-11-18-7-1-2-12-24-18/h1-9,12-14H,15H2,(H2,23,26)(H,25,27). The fraction of sp³-hybridized carbons (Fsp3) is 0.0455. The third-order valence-corrected chi connectivity index (χ3v) is 3.60. The summed E-state index contributed by atoms with van der Waals surface area (Å²) in [5.41, 5.74) is 7.49. The first-order chi connectivity index (χ1) is 13.6. The molecule has 138 valence electrons. The van der Waals surface area contributed by atoms with Gasteiger partial charge in [-0.2, -0.15) is 0 Å². The normalized spacial score (nSPS) is 9.71. The molecule has 2 amide bonds. The van der Waals surface area contributed by atoms with E-state index >= 15 is 0 Å². The zero-order valence-electron chi connectivity index (χ0n) is 14.9. The zero-order chi connectivity index (χ0) is 19.8. The molecular formula is C22H17N3O3. The summed E-state index contributed by atoms with van der Waals surface area (Å²) in [6, 6.07) is 19.2. The Balaban J connectivity index is 1.70. The Labute approximate surface area is 162 Å². The second-order valence-corrected chi connectivity index (χ2v) is 5.78. The fourth-order valence-corrected chi connectivity index (χ4v) is 2.33. The van der Waals surface area contributed by atoms with E-state index in [0.29, 0.717) is 22.7 Å². The molecule has 0 radical (unpaired) electrons. The van der Waals surface area contributed by atoms with Gasteiger partial charge in [-0.3, -0.25) is 9.59 Å². The number of hydrogen-bond acceptors (Lipinski definition) is 4. The monoisotopic (exact) mass is 371 g/mol. The summed E-state index contributed by atoms with van der Waals surface area (Å²) in [6.45, 7) is -0.248. The van der Waals surface area contributed by atoms with Crippen molar-refractivity contribution in [2.45, 2.75) is 0 Å². The molecule has 3 aromatic rings. The number of ether oxygens (including phenoxy) is 1. The number of amides is 2. The molecule has 3 rings (SSSR count). The number of aromatic nitrogens is 1. The van der Waals surface area contributed by atoms with E-state index in [2.05, 4.69) is 22.1 Å². The van der Waals surface area contributed by atoms with Crippen molar-refractivity contribution in [3.05, 3.63) is 89.7 Å². The Kier molecular flexibility index (Phi) is 6.01. The van der Waals surface area contributed by atoms with Gasteiger partial charge in [-0.05, 0) is 54.5 Å². The predicted octanol–water partition coefficient (Wildman–Crippen LogP) is 2.60. The SMILES string of the molecule is NC(=O)COc1cccc(C(=O)Nc2cccc(C#Cc3ccccn3)c2)c1. The van der Waals surface area contributed by atoms with E-state index in [1.54, 1.807) is 42.6 Å². The number of primary amides is 1. The second-order valence-electron chi connectivity index (χ2n) is 5.78. The van der Waals surface area contributed by atoms with E-state index in [-0.39, 0.29) is 12.5 Å². The summed E-state index contributed by atoms with van der Waals surface area (Å²) in [4.78, 5) is 27.5. The van der Waals surface area contributed by atoms with Gasteiger partial charge in [0.2, 0.25) is 0 Å². The number of rotatable bonds is 5. The summed E-state index contributed by atoms with van der Waals surface area (Å²) in [5.74, 6) is 5.50. The first kappa shape index (κ1) is 18.7. The lowest BCUT2D eigenvalue weighted by molar-refractivity contribution is -0.119. The quantitative estimate of drug-likeness (QED) is 0.674. The number of pyridine rings is 1. The van der Waals surface area contributed by atoms with Crippen LogP contribution in [-0.4, -0.2) is 23.4 Å². The number of nitrogens with one attached hydrogen (secondary N) is 1. The van der Waals surface area contributed by atoms with E-state index in [1.165, 1.54) is 0 Å². The molecule has 0 saturated carbocycles. The summed E-state index contributed by atoms with van der Waals surface area (Å²) in [6.07, 6.45) is 1.68. The Morgan fingerprint density at radius 2 is 1.86 bits per heavy atom.